The predicted molar refractivity (Wildman–Crippen MR) is 132 cm³/mol. The molecule has 8 nitrogen and oxygen atoms in total. The van der Waals surface area contributed by atoms with E-state index in [1.54, 1.807) is 0 Å². The fourth-order valence-corrected chi connectivity index (χ4v) is 4.41. The highest BCUT2D eigenvalue weighted by Gasteiger charge is 2.16. The predicted octanol–water partition coefficient (Wildman–Crippen LogP) is 3.92. The average molecular weight is 448 g/mol. The second-order valence-electron chi connectivity index (χ2n) is 8.47. The van der Waals surface area contributed by atoms with Crippen LogP contribution in [0.2, 0.25) is 0 Å². The van der Waals surface area contributed by atoms with Gasteiger partial charge in [0.15, 0.2) is 5.65 Å². The molecule has 8 heteroatoms. The fourth-order valence-electron chi connectivity index (χ4n) is 4.41. The number of carbonyl (C=O) groups excluding carboxylic acids is 1. The highest BCUT2D eigenvalue weighted by atomic mass is 16.1. The molecule has 0 aliphatic carbocycles. The number of benzene rings is 1. The third-order valence-corrected chi connectivity index (χ3v) is 6.33. The van der Waals surface area contributed by atoms with Gasteiger partial charge in [0.25, 0.3) is 0 Å². The molecule has 4 aromatic rings. The standard InChI is InChI=1S/C25H33N7O/c1-6-30(7-2)14-15-31-22-11-9-8-10-21(22)27-25(31)28-24(33)13-12-20-18(4)26-23-16-17(3)29-32(23)19(20)5/h8-11,16H,6-7,12-15H2,1-5H3,(H,27,28,33). The zero-order valence-electron chi connectivity index (χ0n) is 20.2. The third kappa shape index (κ3) is 4.75. The molecule has 0 saturated heterocycles. The van der Waals surface area contributed by atoms with Crippen LogP contribution in [-0.4, -0.2) is 54.6 Å². The number of aromatic nitrogens is 5. The first-order valence-corrected chi connectivity index (χ1v) is 11.7. The van der Waals surface area contributed by atoms with Crippen molar-refractivity contribution in [2.75, 3.05) is 25.0 Å². The first-order valence-electron chi connectivity index (χ1n) is 11.7. The van der Waals surface area contributed by atoms with Gasteiger partial charge >= 0.3 is 0 Å². The molecular formula is C25H33N7O. The molecule has 0 radical (unpaired) electrons. The normalized spacial score (nSPS) is 11.7. The Morgan fingerprint density at radius 1 is 1.09 bits per heavy atom. The average Bonchev–Trinajstić information content (AvgIpc) is 3.33. The minimum absolute atomic E-state index is 0.0510. The molecule has 0 spiro atoms. The number of likely N-dealkylation sites (N-methyl/N-ethyl adjacent to an activating group) is 1. The van der Waals surface area contributed by atoms with Crippen LogP contribution >= 0.6 is 0 Å². The molecule has 3 aromatic heterocycles. The van der Waals surface area contributed by atoms with Crippen molar-refractivity contribution < 1.29 is 4.79 Å². The molecule has 0 atom stereocenters. The fraction of sp³-hybridized carbons (Fsp3) is 0.440. The van der Waals surface area contributed by atoms with E-state index in [9.17, 15) is 4.79 Å². The van der Waals surface area contributed by atoms with Gasteiger partial charge in [0.1, 0.15) is 0 Å². The lowest BCUT2D eigenvalue weighted by Gasteiger charge is -2.19. The lowest BCUT2D eigenvalue weighted by Crippen LogP contribution is -2.27. The van der Waals surface area contributed by atoms with E-state index >= 15 is 0 Å². The van der Waals surface area contributed by atoms with E-state index in [4.69, 9.17) is 4.98 Å². The van der Waals surface area contributed by atoms with Crippen LogP contribution in [0, 0.1) is 20.8 Å². The van der Waals surface area contributed by atoms with Gasteiger partial charge in [-0.15, -0.1) is 0 Å². The Morgan fingerprint density at radius 2 is 1.85 bits per heavy atom. The van der Waals surface area contributed by atoms with Crippen molar-refractivity contribution >= 4 is 28.5 Å². The van der Waals surface area contributed by atoms with E-state index < -0.39 is 0 Å². The third-order valence-electron chi connectivity index (χ3n) is 6.33. The first-order chi connectivity index (χ1) is 15.9. The summed E-state index contributed by atoms with van der Waals surface area (Å²) in [5.41, 5.74) is 6.75. The molecule has 3 heterocycles. The second kappa shape index (κ2) is 9.70. The lowest BCUT2D eigenvalue weighted by atomic mass is 10.1. The van der Waals surface area contributed by atoms with Gasteiger partial charge in [-0.2, -0.15) is 5.10 Å². The Kier molecular flexibility index (Phi) is 6.74. The van der Waals surface area contributed by atoms with E-state index in [1.807, 2.05) is 49.6 Å². The minimum atomic E-state index is -0.0510. The molecule has 0 aliphatic heterocycles. The summed E-state index contributed by atoms with van der Waals surface area (Å²) >= 11 is 0. The smallest absolute Gasteiger partial charge is 0.227 e. The Bertz CT molecular complexity index is 1280. The van der Waals surface area contributed by atoms with E-state index in [0.29, 0.717) is 18.8 Å². The van der Waals surface area contributed by atoms with Crippen LogP contribution in [-0.2, 0) is 17.8 Å². The zero-order chi connectivity index (χ0) is 23.5. The SMILES string of the molecule is CCN(CC)CCn1c(NC(=O)CCc2c(C)nc3cc(C)nn3c2C)nc2ccccc21. The highest BCUT2D eigenvalue weighted by Crippen LogP contribution is 2.21. The maximum absolute atomic E-state index is 12.9. The van der Waals surface area contributed by atoms with Crippen LogP contribution in [0.15, 0.2) is 30.3 Å². The van der Waals surface area contributed by atoms with Gasteiger partial charge in [-0.05, 0) is 58.0 Å². The summed E-state index contributed by atoms with van der Waals surface area (Å²) in [5.74, 6) is 0.558. The number of amides is 1. The van der Waals surface area contributed by atoms with Crippen molar-refractivity contribution in [3.8, 4) is 0 Å². The lowest BCUT2D eigenvalue weighted by molar-refractivity contribution is -0.116. The van der Waals surface area contributed by atoms with Gasteiger partial charge in [-0.3, -0.25) is 10.1 Å². The molecule has 0 saturated carbocycles. The summed E-state index contributed by atoms with van der Waals surface area (Å²) in [6.07, 6.45) is 0.958. The molecule has 1 aromatic carbocycles. The monoisotopic (exact) mass is 447 g/mol. The summed E-state index contributed by atoms with van der Waals surface area (Å²) in [5, 5.41) is 7.59. The maximum Gasteiger partial charge on any atom is 0.227 e. The van der Waals surface area contributed by atoms with Crippen LogP contribution in [0.5, 0.6) is 0 Å². The molecule has 1 N–H and O–H groups in total. The van der Waals surface area contributed by atoms with Gasteiger partial charge in [0.05, 0.1) is 16.7 Å². The van der Waals surface area contributed by atoms with Crippen LogP contribution < -0.4 is 5.32 Å². The van der Waals surface area contributed by atoms with E-state index in [1.165, 1.54) is 0 Å². The van der Waals surface area contributed by atoms with Crippen LogP contribution in [0.25, 0.3) is 16.7 Å². The molecule has 33 heavy (non-hydrogen) atoms. The highest BCUT2D eigenvalue weighted by molar-refractivity contribution is 5.91. The van der Waals surface area contributed by atoms with Gasteiger partial charge in [-0.25, -0.2) is 14.5 Å². The summed E-state index contributed by atoms with van der Waals surface area (Å²) < 4.78 is 3.98. The van der Waals surface area contributed by atoms with E-state index in [0.717, 1.165) is 65.5 Å². The first kappa shape index (κ1) is 22.9. The van der Waals surface area contributed by atoms with Gasteiger partial charge in [-0.1, -0.05) is 26.0 Å². The van der Waals surface area contributed by atoms with Crippen molar-refractivity contribution in [1.29, 1.82) is 0 Å². The molecule has 4 rings (SSSR count). The summed E-state index contributed by atoms with van der Waals surface area (Å²) in [7, 11) is 0. The topological polar surface area (TPSA) is 80.3 Å². The molecular weight excluding hydrogens is 414 g/mol. The van der Waals surface area contributed by atoms with Crippen molar-refractivity contribution in [2.45, 2.75) is 54.0 Å². The van der Waals surface area contributed by atoms with Crippen LogP contribution in [0.1, 0.15) is 42.9 Å². The van der Waals surface area contributed by atoms with Gasteiger partial charge in [0, 0.05) is 37.0 Å². The largest absolute Gasteiger partial charge is 0.309 e. The number of aryl methyl sites for hydroxylation is 3. The zero-order valence-corrected chi connectivity index (χ0v) is 20.2. The van der Waals surface area contributed by atoms with Crippen molar-refractivity contribution in [2.24, 2.45) is 0 Å². The molecule has 174 valence electrons. The Morgan fingerprint density at radius 3 is 2.61 bits per heavy atom. The Hall–Kier alpha value is -3.26. The minimum Gasteiger partial charge on any atom is -0.309 e. The van der Waals surface area contributed by atoms with E-state index in [-0.39, 0.29) is 5.91 Å². The number of nitrogens with zero attached hydrogens (tertiary/aromatic N) is 6. The number of imidazole rings is 1. The molecule has 0 bridgehead atoms. The number of nitrogens with one attached hydrogen (secondary N) is 1. The quantitative estimate of drug-likeness (QED) is 0.421. The molecule has 0 unspecified atom stereocenters. The van der Waals surface area contributed by atoms with Crippen LogP contribution in [0.3, 0.4) is 0 Å². The molecule has 0 fully saturated rings. The number of anilines is 1. The maximum atomic E-state index is 12.9. The Balaban J connectivity index is 1.51. The molecule has 0 aliphatic rings. The number of para-hydroxylation sites is 2. The number of hydrogen-bond donors (Lipinski definition) is 1. The van der Waals surface area contributed by atoms with Crippen molar-refractivity contribution in [1.82, 2.24) is 29.0 Å². The number of hydrogen-bond acceptors (Lipinski definition) is 5. The number of rotatable bonds is 9. The van der Waals surface area contributed by atoms with Crippen LogP contribution in [0.4, 0.5) is 5.95 Å². The Labute approximate surface area is 194 Å². The number of fused-ring (bicyclic) bond motifs is 2. The summed E-state index contributed by atoms with van der Waals surface area (Å²) in [4.78, 5) is 24.7. The van der Waals surface area contributed by atoms with Gasteiger partial charge < -0.3 is 9.47 Å². The summed E-state index contributed by atoms with van der Waals surface area (Å²) in [6, 6.07) is 9.99. The van der Waals surface area contributed by atoms with Crippen molar-refractivity contribution in [3.63, 3.8) is 0 Å². The number of carbonyl (C=O) groups is 1. The summed E-state index contributed by atoms with van der Waals surface area (Å²) in [6.45, 7) is 14.0. The second-order valence-corrected chi connectivity index (χ2v) is 8.47. The van der Waals surface area contributed by atoms with Crippen molar-refractivity contribution in [3.05, 3.63) is 53.0 Å². The van der Waals surface area contributed by atoms with E-state index in [2.05, 4.69) is 44.8 Å². The molecule has 1 amide bonds. The van der Waals surface area contributed by atoms with Gasteiger partial charge in [0.2, 0.25) is 11.9 Å².